The first kappa shape index (κ1) is 23.9. The molecule has 0 bridgehead atoms. The zero-order valence-electron chi connectivity index (χ0n) is 19.8. The third kappa shape index (κ3) is 4.18. The molecule has 0 saturated heterocycles. The number of pyridine rings is 1. The zero-order chi connectivity index (χ0) is 24.8. The van der Waals surface area contributed by atoms with Crippen molar-refractivity contribution in [3.63, 3.8) is 0 Å². The topological polar surface area (TPSA) is 120 Å². The van der Waals surface area contributed by atoms with Crippen LogP contribution in [0.4, 0.5) is 0 Å². The molecule has 34 heavy (non-hydrogen) atoms. The molecule has 1 N–H and O–H groups in total. The van der Waals surface area contributed by atoms with Crippen LogP contribution in [0.1, 0.15) is 41.8 Å². The van der Waals surface area contributed by atoms with Crippen LogP contribution >= 0.6 is 11.5 Å². The van der Waals surface area contributed by atoms with Gasteiger partial charge in [0.15, 0.2) is 9.84 Å². The minimum Gasteiger partial charge on any atom is -0.495 e. The second-order valence-electron chi connectivity index (χ2n) is 8.84. The number of sulfone groups is 1. The van der Waals surface area contributed by atoms with E-state index in [2.05, 4.69) is 19.8 Å². The molecule has 4 rings (SSSR count). The third-order valence-electron chi connectivity index (χ3n) is 5.37. The van der Waals surface area contributed by atoms with Crippen LogP contribution in [0.2, 0.25) is 0 Å². The fourth-order valence-electron chi connectivity index (χ4n) is 3.44. The average Bonchev–Trinajstić information content (AvgIpc) is 3.47. The van der Waals surface area contributed by atoms with Crippen molar-refractivity contribution < 1.29 is 17.9 Å². The first-order valence-corrected chi connectivity index (χ1v) is 12.7. The Bertz CT molecular complexity index is 1490. The maximum absolute atomic E-state index is 13.2. The molecule has 0 atom stereocenters. The molecular weight excluding hydrogens is 476 g/mol. The van der Waals surface area contributed by atoms with Gasteiger partial charge in [0.05, 0.1) is 36.0 Å². The van der Waals surface area contributed by atoms with Crippen LogP contribution in [0.25, 0.3) is 17.0 Å². The van der Waals surface area contributed by atoms with Gasteiger partial charge in [-0.3, -0.25) is 13.9 Å². The summed E-state index contributed by atoms with van der Waals surface area (Å²) < 4.78 is 38.1. The molecule has 4 heterocycles. The van der Waals surface area contributed by atoms with Gasteiger partial charge in [-0.05, 0) is 51.4 Å². The van der Waals surface area contributed by atoms with Gasteiger partial charge < -0.3 is 10.1 Å². The summed E-state index contributed by atoms with van der Waals surface area (Å²) in [5, 5.41) is 7.32. The standard InChI is InChI=1S/C22H26N6O4S2/c1-13-7-14(26-33-13)10-24-21(29)16-8-15(25-27(16)5)17-11-23-20-9-18(32-6)19(12-28(17)20)34(30,31)22(2,3)4/h7-9,11-12H,10H2,1-6H3,(H,24,29). The Hall–Kier alpha value is -3.25. The second kappa shape index (κ2) is 8.51. The quantitative estimate of drug-likeness (QED) is 0.430. The molecule has 1 amide bonds. The number of nitrogens with zero attached hydrogens (tertiary/aromatic N) is 5. The second-order valence-corrected chi connectivity index (χ2v) is 12.5. The monoisotopic (exact) mass is 502 g/mol. The zero-order valence-corrected chi connectivity index (χ0v) is 21.4. The predicted octanol–water partition coefficient (Wildman–Crippen LogP) is 3.01. The molecule has 180 valence electrons. The van der Waals surface area contributed by atoms with E-state index in [4.69, 9.17) is 4.74 Å². The number of hydrogen-bond donors (Lipinski definition) is 1. The number of amides is 1. The number of carbonyl (C=O) groups is 1. The Labute approximate surface area is 201 Å². The molecule has 0 saturated carbocycles. The third-order valence-corrected chi connectivity index (χ3v) is 8.60. The Morgan fingerprint density at radius 2 is 1.97 bits per heavy atom. The highest BCUT2D eigenvalue weighted by atomic mass is 32.2. The van der Waals surface area contributed by atoms with E-state index in [1.807, 2.05) is 13.0 Å². The van der Waals surface area contributed by atoms with Crippen LogP contribution in [-0.4, -0.2) is 49.7 Å². The number of nitrogens with one attached hydrogen (secondary N) is 1. The first-order valence-electron chi connectivity index (χ1n) is 10.5. The molecule has 0 aromatic carbocycles. The lowest BCUT2D eigenvalue weighted by molar-refractivity contribution is 0.0941. The number of fused-ring (bicyclic) bond motifs is 1. The average molecular weight is 503 g/mol. The number of rotatable bonds is 6. The van der Waals surface area contributed by atoms with Gasteiger partial charge in [0.25, 0.3) is 5.91 Å². The highest BCUT2D eigenvalue weighted by Crippen LogP contribution is 2.34. The van der Waals surface area contributed by atoms with Gasteiger partial charge in [-0.15, -0.1) is 0 Å². The van der Waals surface area contributed by atoms with Crippen molar-refractivity contribution in [2.45, 2.75) is 43.9 Å². The normalized spacial score (nSPS) is 12.3. The molecule has 0 aliphatic rings. The Morgan fingerprint density at radius 1 is 1.24 bits per heavy atom. The lowest BCUT2D eigenvalue weighted by atomic mass is 10.2. The van der Waals surface area contributed by atoms with Crippen molar-refractivity contribution in [3.05, 3.63) is 46.9 Å². The lowest BCUT2D eigenvalue weighted by Gasteiger charge is -2.21. The van der Waals surface area contributed by atoms with Crippen LogP contribution in [-0.2, 0) is 23.4 Å². The molecule has 0 aliphatic heterocycles. The number of aryl methyl sites for hydroxylation is 2. The highest BCUT2D eigenvalue weighted by molar-refractivity contribution is 7.92. The molecule has 12 heteroatoms. The molecule has 10 nitrogen and oxygen atoms in total. The van der Waals surface area contributed by atoms with E-state index >= 15 is 0 Å². The van der Waals surface area contributed by atoms with E-state index in [0.29, 0.717) is 29.3 Å². The SMILES string of the molecule is COc1cc2ncc(-c3cc(C(=O)NCc4cc(C)sn4)n(C)n3)n2cc1S(=O)(=O)C(C)(C)C. The summed E-state index contributed by atoms with van der Waals surface area (Å²) in [6.45, 7) is 7.18. The van der Waals surface area contributed by atoms with E-state index in [0.717, 1.165) is 10.6 Å². The van der Waals surface area contributed by atoms with Gasteiger partial charge in [-0.2, -0.15) is 9.47 Å². The van der Waals surface area contributed by atoms with Crippen molar-refractivity contribution in [2.24, 2.45) is 7.05 Å². The number of imidazole rings is 1. The van der Waals surface area contributed by atoms with Crippen LogP contribution < -0.4 is 10.1 Å². The largest absolute Gasteiger partial charge is 0.495 e. The fourth-order valence-corrected chi connectivity index (χ4v) is 5.31. The molecule has 4 aromatic heterocycles. The van der Waals surface area contributed by atoms with Crippen molar-refractivity contribution in [1.29, 1.82) is 0 Å². The molecule has 0 fully saturated rings. The van der Waals surface area contributed by atoms with Crippen LogP contribution in [0, 0.1) is 6.92 Å². The predicted molar refractivity (Wildman–Crippen MR) is 129 cm³/mol. The van der Waals surface area contributed by atoms with E-state index in [1.165, 1.54) is 29.5 Å². The summed E-state index contributed by atoms with van der Waals surface area (Å²) in [6.07, 6.45) is 3.08. The molecule has 0 spiro atoms. The number of aromatic nitrogens is 5. The lowest BCUT2D eigenvalue weighted by Crippen LogP contribution is -2.28. The minimum absolute atomic E-state index is 0.0571. The smallest absolute Gasteiger partial charge is 0.269 e. The number of methoxy groups -OCH3 is 1. The Kier molecular flexibility index (Phi) is 5.98. The summed E-state index contributed by atoms with van der Waals surface area (Å²) in [5.74, 6) is -0.0728. The van der Waals surface area contributed by atoms with Crippen molar-refractivity contribution in [1.82, 2.24) is 28.9 Å². The summed E-state index contributed by atoms with van der Waals surface area (Å²) in [5.41, 5.74) is 2.67. The van der Waals surface area contributed by atoms with Gasteiger partial charge >= 0.3 is 0 Å². The highest BCUT2D eigenvalue weighted by Gasteiger charge is 2.34. The van der Waals surface area contributed by atoms with Gasteiger partial charge in [-0.25, -0.2) is 13.4 Å². The fraction of sp³-hybridized carbons (Fsp3) is 0.364. The molecular formula is C22H26N6O4S2. The Morgan fingerprint density at radius 3 is 2.59 bits per heavy atom. The van der Waals surface area contributed by atoms with Crippen LogP contribution in [0.5, 0.6) is 5.75 Å². The molecule has 0 radical (unpaired) electrons. The minimum atomic E-state index is -3.70. The summed E-state index contributed by atoms with van der Waals surface area (Å²) in [7, 11) is -0.606. The molecule has 0 aliphatic carbocycles. The number of carbonyl (C=O) groups excluding carboxylic acids is 1. The molecule has 0 unspecified atom stereocenters. The van der Waals surface area contributed by atoms with Gasteiger partial charge in [0.2, 0.25) is 0 Å². The van der Waals surface area contributed by atoms with Crippen LogP contribution in [0.15, 0.2) is 35.5 Å². The summed E-state index contributed by atoms with van der Waals surface area (Å²) in [6, 6.07) is 5.15. The summed E-state index contributed by atoms with van der Waals surface area (Å²) in [4.78, 5) is 18.3. The van der Waals surface area contributed by atoms with Gasteiger partial charge in [0, 0.05) is 24.2 Å². The first-order chi connectivity index (χ1) is 15.9. The maximum atomic E-state index is 13.2. The van der Waals surface area contributed by atoms with E-state index < -0.39 is 14.6 Å². The van der Waals surface area contributed by atoms with Gasteiger partial charge in [-0.1, -0.05) is 0 Å². The van der Waals surface area contributed by atoms with Crippen molar-refractivity contribution in [3.8, 4) is 17.1 Å². The Balaban J connectivity index is 1.72. The van der Waals surface area contributed by atoms with Crippen LogP contribution in [0.3, 0.4) is 0 Å². The van der Waals surface area contributed by atoms with E-state index in [1.54, 1.807) is 50.5 Å². The van der Waals surface area contributed by atoms with E-state index in [9.17, 15) is 13.2 Å². The van der Waals surface area contributed by atoms with Gasteiger partial charge in [0.1, 0.15) is 27.7 Å². The number of hydrogen-bond acceptors (Lipinski definition) is 8. The summed E-state index contributed by atoms with van der Waals surface area (Å²) >= 11 is 1.38. The molecule has 4 aromatic rings. The van der Waals surface area contributed by atoms with E-state index in [-0.39, 0.29) is 16.6 Å². The maximum Gasteiger partial charge on any atom is 0.269 e. The van der Waals surface area contributed by atoms with Crippen molar-refractivity contribution in [2.75, 3.05) is 7.11 Å². The van der Waals surface area contributed by atoms with Crippen molar-refractivity contribution >= 4 is 32.9 Å². The number of ether oxygens (including phenoxy) is 1.